The minimum Gasteiger partial charge on any atom is -0.506 e. The fourth-order valence-electron chi connectivity index (χ4n) is 2.86. The Hall–Kier alpha value is -1.92. The minimum absolute atomic E-state index is 0.000604. The maximum absolute atomic E-state index is 9.89. The van der Waals surface area contributed by atoms with E-state index in [0.717, 1.165) is 30.0 Å². The zero-order chi connectivity index (χ0) is 15.7. The molecule has 1 fully saturated rings. The molecule has 0 radical (unpaired) electrons. The predicted octanol–water partition coefficient (Wildman–Crippen LogP) is 1.76. The van der Waals surface area contributed by atoms with Gasteiger partial charge in [-0.1, -0.05) is 0 Å². The molecule has 2 aromatic rings. The summed E-state index contributed by atoms with van der Waals surface area (Å²) in [6.07, 6.45) is 2.81. The van der Waals surface area contributed by atoms with Crippen LogP contribution in [0.2, 0.25) is 0 Å². The van der Waals surface area contributed by atoms with Crippen LogP contribution in [0.5, 0.6) is 5.75 Å². The zero-order valence-corrected chi connectivity index (χ0v) is 13.2. The molecular formula is C16H22N4O2. The van der Waals surface area contributed by atoms with Crippen molar-refractivity contribution in [1.82, 2.24) is 20.1 Å². The molecule has 2 atom stereocenters. The maximum atomic E-state index is 9.89. The molecule has 2 aromatic heterocycles. The van der Waals surface area contributed by atoms with Crippen LogP contribution in [0.15, 0.2) is 18.3 Å². The second kappa shape index (κ2) is 6.06. The van der Waals surface area contributed by atoms with Gasteiger partial charge >= 0.3 is 0 Å². The summed E-state index contributed by atoms with van der Waals surface area (Å²) in [5.41, 5.74) is 3.82. The quantitative estimate of drug-likeness (QED) is 0.900. The van der Waals surface area contributed by atoms with E-state index in [-0.39, 0.29) is 17.9 Å². The van der Waals surface area contributed by atoms with Gasteiger partial charge in [0.15, 0.2) is 0 Å². The molecule has 1 aliphatic rings. The smallest absolute Gasteiger partial charge is 0.138 e. The van der Waals surface area contributed by atoms with Gasteiger partial charge in [-0.3, -0.25) is 9.67 Å². The topological polar surface area (TPSA) is 72.2 Å². The fourth-order valence-corrected chi connectivity index (χ4v) is 2.86. The Balaban J connectivity index is 1.72. The lowest BCUT2D eigenvalue weighted by Gasteiger charge is -2.20. The molecule has 1 saturated heterocycles. The van der Waals surface area contributed by atoms with Crippen LogP contribution in [0.1, 0.15) is 35.2 Å². The van der Waals surface area contributed by atoms with E-state index in [1.807, 2.05) is 24.9 Å². The molecule has 22 heavy (non-hydrogen) atoms. The monoisotopic (exact) mass is 302 g/mol. The molecule has 0 amide bonds. The van der Waals surface area contributed by atoms with Crippen LogP contribution in [-0.2, 0) is 18.3 Å². The first-order valence-electron chi connectivity index (χ1n) is 7.55. The average Bonchev–Trinajstić information content (AvgIpc) is 3.08. The maximum Gasteiger partial charge on any atom is 0.138 e. The van der Waals surface area contributed by atoms with Crippen molar-refractivity contribution >= 4 is 0 Å². The third-order valence-electron chi connectivity index (χ3n) is 4.29. The Bertz CT molecular complexity index is 668. The molecule has 0 saturated carbocycles. The molecule has 6 nitrogen and oxygen atoms in total. The highest BCUT2D eigenvalue weighted by Crippen LogP contribution is 2.31. The Labute approximate surface area is 130 Å². The SMILES string of the molecule is Cc1ccc(O)c(CN[C@H]2CCO[C@@H]2c2cnn(C)c2C)n1. The van der Waals surface area contributed by atoms with Crippen molar-refractivity contribution < 1.29 is 9.84 Å². The zero-order valence-electron chi connectivity index (χ0n) is 13.2. The number of rotatable bonds is 4. The molecule has 118 valence electrons. The van der Waals surface area contributed by atoms with Crippen molar-refractivity contribution in [3.05, 3.63) is 41.0 Å². The van der Waals surface area contributed by atoms with Crippen LogP contribution in [-0.4, -0.2) is 32.5 Å². The third-order valence-corrected chi connectivity index (χ3v) is 4.29. The summed E-state index contributed by atoms with van der Waals surface area (Å²) in [4.78, 5) is 4.38. The number of pyridine rings is 1. The molecule has 0 aromatic carbocycles. The van der Waals surface area contributed by atoms with Crippen molar-refractivity contribution in [3.63, 3.8) is 0 Å². The second-order valence-electron chi connectivity index (χ2n) is 5.79. The number of nitrogens with one attached hydrogen (secondary N) is 1. The standard InChI is InChI=1S/C16H22N4O2/c1-10-4-5-15(21)14(19-10)9-17-13-6-7-22-16(13)12-8-18-20(3)11(12)2/h4-5,8,13,16-17,21H,6-7,9H2,1-3H3/t13-,16+/m0/s1. The molecule has 0 unspecified atom stereocenters. The van der Waals surface area contributed by atoms with Crippen molar-refractivity contribution in [2.75, 3.05) is 6.61 Å². The molecule has 0 bridgehead atoms. The normalized spacial score (nSPS) is 21.4. The van der Waals surface area contributed by atoms with Crippen molar-refractivity contribution in [2.24, 2.45) is 7.05 Å². The van der Waals surface area contributed by atoms with E-state index in [4.69, 9.17) is 4.74 Å². The van der Waals surface area contributed by atoms with Gasteiger partial charge in [-0.15, -0.1) is 0 Å². The summed E-state index contributed by atoms with van der Waals surface area (Å²) in [5, 5.41) is 17.7. The number of aromatic hydroxyl groups is 1. The largest absolute Gasteiger partial charge is 0.506 e. The Morgan fingerprint density at radius 1 is 1.41 bits per heavy atom. The molecule has 1 aliphatic heterocycles. The lowest BCUT2D eigenvalue weighted by atomic mass is 10.0. The number of nitrogens with zero attached hydrogens (tertiary/aromatic N) is 3. The first-order chi connectivity index (χ1) is 10.6. The minimum atomic E-state index is 0.000604. The van der Waals surface area contributed by atoms with Gasteiger partial charge in [0.25, 0.3) is 0 Å². The lowest BCUT2D eigenvalue weighted by Crippen LogP contribution is -2.31. The van der Waals surface area contributed by atoms with Gasteiger partial charge in [0.2, 0.25) is 0 Å². The molecule has 3 rings (SSSR count). The van der Waals surface area contributed by atoms with Crippen LogP contribution < -0.4 is 5.32 Å². The summed E-state index contributed by atoms with van der Waals surface area (Å²) in [6, 6.07) is 3.69. The molecular weight excluding hydrogens is 280 g/mol. The average molecular weight is 302 g/mol. The fraction of sp³-hybridized carbons (Fsp3) is 0.500. The van der Waals surface area contributed by atoms with Crippen molar-refractivity contribution in [1.29, 1.82) is 0 Å². The van der Waals surface area contributed by atoms with E-state index < -0.39 is 0 Å². The van der Waals surface area contributed by atoms with Gasteiger partial charge in [-0.2, -0.15) is 5.10 Å². The summed E-state index contributed by atoms with van der Waals surface area (Å²) in [7, 11) is 1.94. The number of hydrogen-bond donors (Lipinski definition) is 2. The number of ether oxygens (including phenoxy) is 1. The highest BCUT2D eigenvalue weighted by atomic mass is 16.5. The summed E-state index contributed by atoms with van der Waals surface area (Å²) in [5.74, 6) is 0.228. The van der Waals surface area contributed by atoms with Gasteiger partial charge in [0, 0.05) is 43.2 Å². The summed E-state index contributed by atoms with van der Waals surface area (Å²) >= 11 is 0. The summed E-state index contributed by atoms with van der Waals surface area (Å²) < 4.78 is 7.75. The Kier molecular flexibility index (Phi) is 4.13. The molecule has 0 spiro atoms. The van der Waals surface area contributed by atoms with Gasteiger partial charge < -0.3 is 15.2 Å². The van der Waals surface area contributed by atoms with Crippen LogP contribution in [0.25, 0.3) is 0 Å². The van der Waals surface area contributed by atoms with E-state index in [1.165, 1.54) is 0 Å². The van der Waals surface area contributed by atoms with E-state index >= 15 is 0 Å². The third kappa shape index (κ3) is 2.84. The first kappa shape index (κ1) is 15.0. The molecule has 3 heterocycles. The van der Waals surface area contributed by atoms with Crippen LogP contribution in [0, 0.1) is 13.8 Å². The highest BCUT2D eigenvalue weighted by molar-refractivity contribution is 5.28. The Morgan fingerprint density at radius 2 is 2.23 bits per heavy atom. The van der Waals surface area contributed by atoms with Crippen LogP contribution >= 0.6 is 0 Å². The number of hydrogen-bond acceptors (Lipinski definition) is 5. The van der Waals surface area contributed by atoms with Gasteiger partial charge in [-0.25, -0.2) is 0 Å². The first-order valence-corrected chi connectivity index (χ1v) is 7.55. The predicted molar refractivity (Wildman–Crippen MR) is 82.5 cm³/mol. The highest BCUT2D eigenvalue weighted by Gasteiger charge is 2.31. The summed E-state index contributed by atoms with van der Waals surface area (Å²) in [6.45, 7) is 5.22. The van der Waals surface area contributed by atoms with E-state index in [9.17, 15) is 5.11 Å². The molecule has 2 N–H and O–H groups in total. The second-order valence-corrected chi connectivity index (χ2v) is 5.79. The van der Waals surface area contributed by atoms with Gasteiger partial charge in [0.1, 0.15) is 11.9 Å². The molecule has 6 heteroatoms. The Morgan fingerprint density at radius 3 is 2.95 bits per heavy atom. The van der Waals surface area contributed by atoms with E-state index in [0.29, 0.717) is 12.2 Å². The van der Waals surface area contributed by atoms with Crippen molar-refractivity contribution in [2.45, 2.75) is 39.0 Å². The van der Waals surface area contributed by atoms with E-state index in [2.05, 4.69) is 22.3 Å². The van der Waals surface area contributed by atoms with Crippen LogP contribution in [0.3, 0.4) is 0 Å². The number of aryl methyl sites for hydroxylation is 2. The lowest BCUT2D eigenvalue weighted by molar-refractivity contribution is 0.0978. The van der Waals surface area contributed by atoms with E-state index in [1.54, 1.807) is 12.1 Å². The van der Waals surface area contributed by atoms with Crippen LogP contribution in [0.4, 0.5) is 0 Å². The van der Waals surface area contributed by atoms with Gasteiger partial charge in [-0.05, 0) is 32.4 Å². The van der Waals surface area contributed by atoms with Crippen molar-refractivity contribution in [3.8, 4) is 5.75 Å². The molecule has 0 aliphatic carbocycles. The van der Waals surface area contributed by atoms with Gasteiger partial charge in [0.05, 0.1) is 11.9 Å². The number of aromatic nitrogens is 3.